The van der Waals surface area contributed by atoms with Gasteiger partial charge in [-0.05, 0) is 0 Å². The molecule has 0 nitrogen and oxygen atoms in total. The first-order chi connectivity index (χ1) is 9.45. The molecule has 3 fully saturated rings. The Morgan fingerprint density at radius 2 is 0.632 bits per heavy atom. The standard InChI is InChI=1S/C18H33Se/c1-4-10-16(11-5-1)19(17-12-6-2-7-13-17)18-14-8-3-9-15-18/h16-18H,1-15H2/q+1. The van der Waals surface area contributed by atoms with Crippen molar-refractivity contribution in [2.24, 2.45) is 0 Å². The fourth-order valence-corrected chi connectivity index (χ4v) is 13.8. The molecule has 0 aromatic rings. The van der Waals surface area contributed by atoms with Crippen molar-refractivity contribution in [3.63, 3.8) is 0 Å². The summed E-state index contributed by atoms with van der Waals surface area (Å²) in [6.45, 7) is 0. The number of hydrogen-bond acceptors (Lipinski definition) is 0. The van der Waals surface area contributed by atoms with Crippen LogP contribution in [-0.2, 0) is 0 Å². The van der Waals surface area contributed by atoms with Crippen LogP contribution in [0.2, 0.25) is 14.4 Å². The van der Waals surface area contributed by atoms with E-state index in [1.54, 1.807) is 96.3 Å². The first kappa shape index (κ1) is 14.5. The minimum absolute atomic E-state index is 0.316. The molecule has 0 spiro atoms. The molecular formula is C18H33Se+. The zero-order valence-corrected chi connectivity index (χ0v) is 14.5. The van der Waals surface area contributed by atoms with Gasteiger partial charge in [0.1, 0.15) is 0 Å². The molecule has 1 heteroatoms. The van der Waals surface area contributed by atoms with Crippen LogP contribution in [0, 0.1) is 0 Å². The Morgan fingerprint density at radius 3 is 0.895 bits per heavy atom. The summed E-state index contributed by atoms with van der Waals surface area (Å²) in [6, 6.07) is 0. The second-order valence-corrected chi connectivity index (χ2v) is 13.1. The summed E-state index contributed by atoms with van der Waals surface area (Å²) in [4.78, 5) is 3.75. The third kappa shape index (κ3) is 3.79. The number of hydrogen-bond donors (Lipinski definition) is 0. The molecule has 0 heterocycles. The van der Waals surface area contributed by atoms with Crippen LogP contribution in [0.25, 0.3) is 0 Å². The fraction of sp³-hybridized carbons (Fsp3) is 1.00. The summed E-state index contributed by atoms with van der Waals surface area (Å²) in [7, 11) is 0. The van der Waals surface area contributed by atoms with Gasteiger partial charge in [0.05, 0.1) is 0 Å². The van der Waals surface area contributed by atoms with Crippen molar-refractivity contribution in [2.45, 2.75) is 111 Å². The maximum atomic E-state index is 1.64. The van der Waals surface area contributed by atoms with Crippen molar-refractivity contribution in [1.29, 1.82) is 0 Å². The van der Waals surface area contributed by atoms with Gasteiger partial charge >= 0.3 is 125 Å². The normalized spacial score (nSPS) is 28.9. The summed E-state index contributed by atoms with van der Waals surface area (Å²) < 4.78 is 0. The van der Waals surface area contributed by atoms with E-state index in [1.807, 2.05) is 0 Å². The molecule has 0 bridgehead atoms. The van der Waals surface area contributed by atoms with Crippen LogP contribution in [0.15, 0.2) is 0 Å². The molecule has 0 atom stereocenters. The average Bonchev–Trinajstić information content (AvgIpc) is 2.51. The topological polar surface area (TPSA) is 0 Å². The second kappa shape index (κ2) is 7.51. The van der Waals surface area contributed by atoms with Crippen LogP contribution in [0.1, 0.15) is 96.3 Å². The third-order valence-electron chi connectivity index (χ3n) is 5.81. The van der Waals surface area contributed by atoms with Crippen LogP contribution >= 0.6 is 0 Å². The molecule has 110 valence electrons. The molecule has 0 aromatic carbocycles. The summed E-state index contributed by atoms with van der Waals surface area (Å²) in [5.41, 5.74) is 0. The molecule has 0 amide bonds. The van der Waals surface area contributed by atoms with E-state index in [-0.39, 0.29) is 13.9 Å². The van der Waals surface area contributed by atoms with Crippen LogP contribution in [0.5, 0.6) is 0 Å². The first-order valence-electron chi connectivity index (χ1n) is 9.16. The zero-order valence-electron chi connectivity index (χ0n) is 12.7. The summed E-state index contributed by atoms with van der Waals surface area (Å²) in [5, 5.41) is 0. The Bertz CT molecular complexity index is 202. The van der Waals surface area contributed by atoms with E-state index in [9.17, 15) is 0 Å². The SMILES string of the molecule is C1CCC([Se+](C2CCCCC2)C2CCCCC2)CC1. The molecule has 0 unspecified atom stereocenters. The van der Waals surface area contributed by atoms with E-state index in [2.05, 4.69) is 0 Å². The van der Waals surface area contributed by atoms with Crippen molar-refractivity contribution < 1.29 is 0 Å². The quantitative estimate of drug-likeness (QED) is 0.520. The first-order valence-corrected chi connectivity index (χ1v) is 12.1. The van der Waals surface area contributed by atoms with Gasteiger partial charge in [-0.1, -0.05) is 0 Å². The molecule has 3 aliphatic carbocycles. The van der Waals surface area contributed by atoms with Crippen molar-refractivity contribution >= 4 is 13.9 Å². The average molecular weight is 328 g/mol. The summed E-state index contributed by atoms with van der Waals surface area (Å²) in [5.74, 6) is 0. The molecule has 3 rings (SSSR count). The second-order valence-electron chi connectivity index (χ2n) is 7.19. The van der Waals surface area contributed by atoms with E-state index in [4.69, 9.17) is 0 Å². The van der Waals surface area contributed by atoms with Crippen molar-refractivity contribution in [2.75, 3.05) is 0 Å². The molecule has 0 radical (unpaired) electrons. The van der Waals surface area contributed by atoms with Gasteiger partial charge < -0.3 is 0 Å². The Balaban J connectivity index is 1.68. The third-order valence-corrected chi connectivity index (χ3v) is 13.6. The molecule has 0 aliphatic heterocycles. The zero-order chi connectivity index (χ0) is 12.9. The monoisotopic (exact) mass is 329 g/mol. The Labute approximate surface area is 125 Å². The van der Waals surface area contributed by atoms with Gasteiger partial charge in [0.2, 0.25) is 0 Å². The van der Waals surface area contributed by atoms with Crippen LogP contribution < -0.4 is 0 Å². The van der Waals surface area contributed by atoms with Crippen LogP contribution in [-0.4, -0.2) is 13.9 Å². The van der Waals surface area contributed by atoms with E-state index in [0.717, 1.165) is 0 Å². The Hall–Kier alpha value is 0.519. The van der Waals surface area contributed by atoms with Crippen molar-refractivity contribution in [1.82, 2.24) is 0 Å². The van der Waals surface area contributed by atoms with Gasteiger partial charge in [0.15, 0.2) is 0 Å². The van der Waals surface area contributed by atoms with E-state index < -0.39 is 0 Å². The van der Waals surface area contributed by atoms with Gasteiger partial charge in [-0.3, -0.25) is 0 Å². The van der Waals surface area contributed by atoms with Gasteiger partial charge in [0.25, 0.3) is 0 Å². The fourth-order valence-electron chi connectivity index (χ4n) is 4.83. The van der Waals surface area contributed by atoms with E-state index in [0.29, 0.717) is 0 Å². The molecule has 3 aliphatic rings. The molecule has 0 aromatic heterocycles. The maximum absolute atomic E-state index is 1.64. The van der Waals surface area contributed by atoms with Gasteiger partial charge in [-0.2, -0.15) is 0 Å². The summed E-state index contributed by atoms with van der Waals surface area (Å²) >= 11 is -0.316. The van der Waals surface area contributed by atoms with E-state index in [1.165, 1.54) is 14.4 Å². The van der Waals surface area contributed by atoms with Gasteiger partial charge in [-0.15, -0.1) is 0 Å². The number of rotatable bonds is 3. The summed E-state index contributed by atoms with van der Waals surface area (Å²) in [6.07, 6.45) is 23.9. The van der Waals surface area contributed by atoms with Crippen molar-refractivity contribution in [3.05, 3.63) is 0 Å². The van der Waals surface area contributed by atoms with Gasteiger partial charge in [-0.25, -0.2) is 0 Å². The molecule has 3 saturated carbocycles. The molecule has 0 N–H and O–H groups in total. The van der Waals surface area contributed by atoms with Crippen LogP contribution in [0.3, 0.4) is 0 Å². The van der Waals surface area contributed by atoms with E-state index >= 15 is 0 Å². The van der Waals surface area contributed by atoms with Gasteiger partial charge in [0, 0.05) is 0 Å². The predicted octanol–water partition coefficient (Wildman–Crippen LogP) is 6.48. The predicted molar refractivity (Wildman–Crippen MR) is 86.3 cm³/mol. The Morgan fingerprint density at radius 1 is 0.368 bits per heavy atom. The molecule has 0 saturated heterocycles. The Kier molecular flexibility index (Phi) is 5.71. The minimum atomic E-state index is -0.316. The van der Waals surface area contributed by atoms with Crippen LogP contribution in [0.4, 0.5) is 0 Å². The van der Waals surface area contributed by atoms with Crippen molar-refractivity contribution in [3.8, 4) is 0 Å². The molecule has 19 heavy (non-hydrogen) atoms. The molecular weight excluding hydrogens is 295 g/mol.